The summed E-state index contributed by atoms with van der Waals surface area (Å²) in [5.74, 6) is -0.142. The van der Waals surface area contributed by atoms with Gasteiger partial charge < -0.3 is 16.0 Å². The maximum absolute atomic E-state index is 11.7. The van der Waals surface area contributed by atoms with Gasteiger partial charge in [0.25, 0.3) is 5.91 Å². The molecule has 0 unspecified atom stereocenters. The van der Waals surface area contributed by atoms with Crippen LogP contribution in [0.4, 0.5) is 10.5 Å². The quantitative estimate of drug-likeness (QED) is 0.762. The van der Waals surface area contributed by atoms with Crippen molar-refractivity contribution in [3.8, 4) is 0 Å². The highest BCUT2D eigenvalue weighted by molar-refractivity contribution is 5.97. The van der Waals surface area contributed by atoms with Gasteiger partial charge in [-0.25, -0.2) is 4.79 Å². The van der Waals surface area contributed by atoms with E-state index >= 15 is 0 Å². The summed E-state index contributed by atoms with van der Waals surface area (Å²) in [5.41, 5.74) is 2.09. The van der Waals surface area contributed by atoms with Gasteiger partial charge in [-0.15, -0.1) is 0 Å². The van der Waals surface area contributed by atoms with Crippen molar-refractivity contribution in [3.05, 3.63) is 29.3 Å². The number of benzene rings is 1. The van der Waals surface area contributed by atoms with Gasteiger partial charge in [0.15, 0.2) is 0 Å². The molecule has 0 aromatic heterocycles. The fourth-order valence-corrected chi connectivity index (χ4v) is 1.49. The standard InChI is InChI=1S/C13H19N3O2/c1-4-14-12(17)10-7-6-9(3)11(8-10)16-13(18)15-5-2/h6-8H,4-5H2,1-3H3,(H,14,17)(H2,15,16,18). The third-order valence-electron chi connectivity index (χ3n) is 2.42. The van der Waals surface area contributed by atoms with E-state index in [1.807, 2.05) is 26.8 Å². The molecule has 0 atom stereocenters. The van der Waals surface area contributed by atoms with Gasteiger partial charge in [-0.05, 0) is 38.5 Å². The monoisotopic (exact) mass is 249 g/mol. The zero-order chi connectivity index (χ0) is 13.5. The molecule has 1 rings (SSSR count). The van der Waals surface area contributed by atoms with E-state index in [-0.39, 0.29) is 11.9 Å². The molecule has 3 amide bonds. The first-order valence-electron chi connectivity index (χ1n) is 6.02. The fourth-order valence-electron chi connectivity index (χ4n) is 1.49. The van der Waals surface area contributed by atoms with Gasteiger partial charge in [-0.1, -0.05) is 6.07 Å². The minimum absolute atomic E-state index is 0.142. The molecule has 0 aliphatic heterocycles. The lowest BCUT2D eigenvalue weighted by molar-refractivity contribution is 0.0956. The van der Waals surface area contributed by atoms with Crippen LogP contribution in [0.3, 0.4) is 0 Å². The SMILES string of the molecule is CCNC(=O)Nc1cc(C(=O)NCC)ccc1C. The summed E-state index contributed by atoms with van der Waals surface area (Å²) >= 11 is 0. The Bertz CT molecular complexity index is 444. The second-order valence-electron chi connectivity index (χ2n) is 3.87. The van der Waals surface area contributed by atoms with Gasteiger partial charge in [-0.2, -0.15) is 0 Å². The first kappa shape index (κ1) is 14.0. The lowest BCUT2D eigenvalue weighted by Gasteiger charge is -2.10. The molecular weight excluding hydrogens is 230 g/mol. The first-order chi connectivity index (χ1) is 8.58. The van der Waals surface area contributed by atoms with E-state index < -0.39 is 0 Å². The Balaban J connectivity index is 2.87. The number of carbonyl (C=O) groups is 2. The Kier molecular flexibility index (Phi) is 5.17. The Labute approximate surface area is 107 Å². The summed E-state index contributed by atoms with van der Waals surface area (Å²) in [4.78, 5) is 23.1. The van der Waals surface area contributed by atoms with E-state index in [4.69, 9.17) is 0 Å². The Morgan fingerprint density at radius 2 is 1.78 bits per heavy atom. The van der Waals surface area contributed by atoms with Gasteiger partial charge in [0, 0.05) is 24.3 Å². The van der Waals surface area contributed by atoms with Gasteiger partial charge in [0.1, 0.15) is 0 Å². The largest absolute Gasteiger partial charge is 0.352 e. The van der Waals surface area contributed by atoms with Gasteiger partial charge in [0.05, 0.1) is 0 Å². The molecule has 0 saturated heterocycles. The number of urea groups is 1. The highest BCUT2D eigenvalue weighted by Gasteiger charge is 2.08. The molecule has 0 fully saturated rings. The molecule has 1 aromatic carbocycles. The summed E-state index contributed by atoms with van der Waals surface area (Å²) in [6.07, 6.45) is 0. The lowest BCUT2D eigenvalue weighted by Crippen LogP contribution is -2.29. The zero-order valence-corrected chi connectivity index (χ0v) is 11.0. The van der Waals surface area contributed by atoms with Crippen molar-refractivity contribution < 1.29 is 9.59 Å². The molecule has 0 bridgehead atoms. The molecule has 0 saturated carbocycles. The van der Waals surface area contributed by atoms with Crippen LogP contribution in [0.2, 0.25) is 0 Å². The van der Waals surface area contributed by atoms with Crippen molar-refractivity contribution in [2.24, 2.45) is 0 Å². The van der Waals surface area contributed by atoms with Crippen molar-refractivity contribution in [2.45, 2.75) is 20.8 Å². The molecule has 0 aliphatic carbocycles. The second-order valence-corrected chi connectivity index (χ2v) is 3.87. The van der Waals surface area contributed by atoms with E-state index in [1.165, 1.54) is 0 Å². The van der Waals surface area contributed by atoms with E-state index in [0.717, 1.165) is 5.56 Å². The van der Waals surface area contributed by atoms with E-state index in [2.05, 4.69) is 16.0 Å². The van der Waals surface area contributed by atoms with Crippen LogP contribution < -0.4 is 16.0 Å². The van der Waals surface area contributed by atoms with Crippen LogP contribution in [0.5, 0.6) is 0 Å². The van der Waals surface area contributed by atoms with Gasteiger partial charge >= 0.3 is 6.03 Å². The van der Waals surface area contributed by atoms with Crippen molar-refractivity contribution >= 4 is 17.6 Å². The number of amides is 3. The molecule has 5 nitrogen and oxygen atoms in total. The molecule has 18 heavy (non-hydrogen) atoms. The van der Waals surface area contributed by atoms with Crippen LogP contribution in [-0.2, 0) is 0 Å². The number of anilines is 1. The van der Waals surface area contributed by atoms with Gasteiger partial charge in [-0.3, -0.25) is 4.79 Å². The number of aryl methyl sites for hydroxylation is 1. The molecule has 98 valence electrons. The van der Waals surface area contributed by atoms with Crippen LogP contribution in [0, 0.1) is 6.92 Å². The maximum atomic E-state index is 11.7. The van der Waals surface area contributed by atoms with Crippen LogP contribution in [0.15, 0.2) is 18.2 Å². The molecular formula is C13H19N3O2. The smallest absolute Gasteiger partial charge is 0.319 e. The Hall–Kier alpha value is -2.04. The van der Waals surface area contributed by atoms with Crippen LogP contribution in [-0.4, -0.2) is 25.0 Å². The van der Waals surface area contributed by atoms with Crippen molar-refractivity contribution in [1.29, 1.82) is 0 Å². The molecule has 0 aliphatic rings. The third-order valence-corrected chi connectivity index (χ3v) is 2.42. The van der Waals surface area contributed by atoms with Crippen LogP contribution >= 0.6 is 0 Å². The zero-order valence-electron chi connectivity index (χ0n) is 11.0. The maximum Gasteiger partial charge on any atom is 0.319 e. The highest BCUT2D eigenvalue weighted by atomic mass is 16.2. The molecule has 0 spiro atoms. The van der Waals surface area contributed by atoms with E-state index in [1.54, 1.807) is 12.1 Å². The predicted octanol–water partition coefficient (Wildman–Crippen LogP) is 1.89. The van der Waals surface area contributed by atoms with Gasteiger partial charge in [0.2, 0.25) is 0 Å². The minimum Gasteiger partial charge on any atom is -0.352 e. The molecule has 3 N–H and O–H groups in total. The van der Waals surface area contributed by atoms with Crippen molar-refractivity contribution in [2.75, 3.05) is 18.4 Å². The Morgan fingerprint density at radius 1 is 1.11 bits per heavy atom. The second kappa shape index (κ2) is 6.64. The number of rotatable bonds is 4. The normalized spacial score (nSPS) is 9.72. The van der Waals surface area contributed by atoms with E-state index in [0.29, 0.717) is 24.3 Å². The first-order valence-corrected chi connectivity index (χ1v) is 6.02. The molecule has 0 radical (unpaired) electrons. The molecule has 1 aromatic rings. The average Bonchev–Trinajstić information content (AvgIpc) is 2.32. The van der Waals surface area contributed by atoms with E-state index in [9.17, 15) is 9.59 Å². The fraction of sp³-hybridized carbons (Fsp3) is 0.385. The third kappa shape index (κ3) is 3.76. The van der Waals surface area contributed by atoms with Crippen molar-refractivity contribution in [1.82, 2.24) is 10.6 Å². The summed E-state index contributed by atoms with van der Waals surface area (Å²) in [5, 5.41) is 8.08. The molecule has 0 heterocycles. The Morgan fingerprint density at radius 3 is 2.39 bits per heavy atom. The van der Waals surface area contributed by atoms with Crippen LogP contribution in [0.25, 0.3) is 0 Å². The summed E-state index contributed by atoms with van der Waals surface area (Å²) in [7, 11) is 0. The topological polar surface area (TPSA) is 70.2 Å². The van der Waals surface area contributed by atoms with Crippen molar-refractivity contribution in [3.63, 3.8) is 0 Å². The number of carbonyl (C=O) groups excluding carboxylic acids is 2. The van der Waals surface area contributed by atoms with Crippen LogP contribution in [0.1, 0.15) is 29.8 Å². The lowest BCUT2D eigenvalue weighted by atomic mass is 10.1. The number of nitrogens with one attached hydrogen (secondary N) is 3. The highest BCUT2D eigenvalue weighted by Crippen LogP contribution is 2.16. The summed E-state index contributed by atoms with van der Waals surface area (Å²) < 4.78 is 0. The summed E-state index contributed by atoms with van der Waals surface area (Å²) in [6.45, 7) is 6.72. The minimum atomic E-state index is -0.270. The average molecular weight is 249 g/mol. The summed E-state index contributed by atoms with van der Waals surface area (Å²) in [6, 6.07) is 4.96. The molecule has 5 heteroatoms. The predicted molar refractivity (Wildman–Crippen MR) is 71.9 cm³/mol. The number of hydrogen-bond acceptors (Lipinski definition) is 2. The number of hydrogen-bond donors (Lipinski definition) is 3.